The van der Waals surface area contributed by atoms with Gasteiger partial charge in [-0.15, -0.1) is 0 Å². The number of nitrogens with one attached hydrogen (secondary N) is 1. The summed E-state index contributed by atoms with van der Waals surface area (Å²) in [5.41, 5.74) is 10.4. The molecule has 2 aliphatic rings. The second-order valence-electron chi connectivity index (χ2n) is 9.14. The topological polar surface area (TPSA) is 125 Å². The molecule has 2 aliphatic heterocycles. The van der Waals surface area contributed by atoms with Gasteiger partial charge in [-0.25, -0.2) is 15.0 Å². The molecule has 2 fully saturated rings. The Kier molecular flexibility index (Phi) is 7.22. The van der Waals surface area contributed by atoms with Gasteiger partial charge in [0.1, 0.15) is 11.9 Å². The minimum Gasteiger partial charge on any atom is -0.386 e. The summed E-state index contributed by atoms with van der Waals surface area (Å²) >= 11 is 0. The molecule has 0 aliphatic carbocycles. The van der Waals surface area contributed by atoms with Crippen molar-refractivity contribution in [3.05, 3.63) is 73.1 Å². The van der Waals surface area contributed by atoms with E-state index in [0.717, 1.165) is 54.3 Å². The van der Waals surface area contributed by atoms with Crippen LogP contribution in [-0.2, 0) is 9.47 Å². The van der Waals surface area contributed by atoms with Crippen molar-refractivity contribution in [1.82, 2.24) is 9.97 Å². The smallest absolute Gasteiger partial charge is 0.227 e. The summed E-state index contributed by atoms with van der Waals surface area (Å²) in [6.45, 7) is 8.34. The normalized spacial score (nSPS) is 16.7. The summed E-state index contributed by atoms with van der Waals surface area (Å²) in [5, 5.41) is 19.0. The van der Waals surface area contributed by atoms with Gasteiger partial charge >= 0.3 is 0 Å². The number of nitriles is 1. The van der Waals surface area contributed by atoms with Crippen molar-refractivity contribution >= 4 is 28.8 Å². The minimum absolute atomic E-state index is 0.433. The van der Waals surface area contributed by atoms with Gasteiger partial charge in [-0.1, -0.05) is 12.6 Å². The Labute approximate surface area is 222 Å². The van der Waals surface area contributed by atoms with E-state index >= 15 is 0 Å². The Balaban J connectivity index is 1.30. The Hall–Kier alpha value is -4.46. The largest absolute Gasteiger partial charge is 0.386 e. The summed E-state index contributed by atoms with van der Waals surface area (Å²) in [7, 11) is 0. The quantitative estimate of drug-likeness (QED) is 0.271. The fourth-order valence-corrected chi connectivity index (χ4v) is 4.71. The molecule has 10 nitrogen and oxygen atoms in total. The lowest BCUT2D eigenvalue weighted by Gasteiger charge is -2.39. The second-order valence-corrected chi connectivity index (χ2v) is 9.14. The average molecular weight is 511 g/mol. The van der Waals surface area contributed by atoms with E-state index in [9.17, 15) is 5.26 Å². The first kappa shape index (κ1) is 25.2. The fraction of sp³-hybridized carbons (Fsp3) is 0.286. The zero-order valence-electron chi connectivity index (χ0n) is 21.3. The molecule has 0 unspecified atom stereocenters. The lowest BCUT2D eigenvalue weighted by molar-refractivity contribution is -0.169. The van der Waals surface area contributed by atoms with Crippen LogP contribution in [0.2, 0.25) is 0 Å². The van der Waals surface area contributed by atoms with Gasteiger partial charge in [0.2, 0.25) is 5.95 Å². The number of nitrogens with zero attached hydrogens (tertiary/aromatic N) is 6. The molecule has 2 aromatic carbocycles. The number of rotatable bonds is 7. The molecule has 2 saturated heterocycles. The summed E-state index contributed by atoms with van der Waals surface area (Å²) in [5.74, 6) is 0.436. The highest BCUT2D eigenvalue weighted by molar-refractivity contribution is 5.79. The molecular weight excluding hydrogens is 480 g/mol. The van der Waals surface area contributed by atoms with Crippen LogP contribution in [0, 0.1) is 11.3 Å². The second kappa shape index (κ2) is 10.9. The molecule has 0 saturated carbocycles. The third-order valence-electron chi connectivity index (χ3n) is 6.57. The number of hydrogen-bond acceptors (Lipinski definition) is 9. The number of anilines is 4. The third kappa shape index (κ3) is 5.44. The van der Waals surface area contributed by atoms with Crippen molar-refractivity contribution in [3.63, 3.8) is 0 Å². The molecule has 3 aromatic rings. The molecule has 0 amide bonds. The maximum atomic E-state index is 9.91. The van der Waals surface area contributed by atoms with Crippen LogP contribution in [0.3, 0.4) is 0 Å². The van der Waals surface area contributed by atoms with Crippen LogP contribution in [-0.4, -0.2) is 47.9 Å². The van der Waals surface area contributed by atoms with Crippen molar-refractivity contribution in [2.24, 2.45) is 10.8 Å². The number of benzene rings is 2. The molecule has 0 radical (unpaired) electrons. The minimum atomic E-state index is -0.448. The number of nitrogens with two attached hydrogens (primary N) is 1. The summed E-state index contributed by atoms with van der Waals surface area (Å²) < 4.78 is 11.7. The summed E-state index contributed by atoms with van der Waals surface area (Å²) in [6.07, 6.45) is 4.86. The molecule has 3 heterocycles. The molecule has 0 bridgehead atoms. The van der Waals surface area contributed by atoms with E-state index in [1.165, 1.54) is 0 Å². The number of ether oxygens (including phenoxy) is 2. The van der Waals surface area contributed by atoms with Gasteiger partial charge in [-0.05, 0) is 49.4 Å². The van der Waals surface area contributed by atoms with Crippen molar-refractivity contribution in [2.45, 2.75) is 25.6 Å². The van der Waals surface area contributed by atoms with E-state index in [2.05, 4.69) is 37.9 Å². The first-order valence-electron chi connectivity index (χ1n) is 12.5. The van der Waals surface area contributed by atoms with Gasteiger partial charge in [0.25, 0.3) is 0 Å². The van der Waals surface area contributed by atoms with Crippen LogP contribution in [0.25, 0.3) is 11.3 Å². The molecule has 194 valence electrons. The molecule has 0 atom stereocenters. The van der Waals surface area contributed by atoms with Crippen molar-refractivity contribution in [2.75, 3.05) is 41.5 Å². The highest BCUT2D eigenvalue weighted by Crippen LogP contribution is 2.35. The number of hydrogen-bond donors (Lipinski definition) is 2. The Bertz CT molecular complexity index is 1360. The molecule has 38 heavy (non-hydrogen) atoms. The van der Waals surface area contributed by atoms with Gasteiger partial charge in [-0.3, -0.25) is 0 Å². The molecule has 1 aromatic heterocycles. The van der Waals surface area contributed by atoms with Crippen LogP contribution >= 0.6 is 0 Å². The van der Waals surface area contributed by atoms with Crippen molar-refractivity contribution in [3.8, 4) is 17.3 Å². The number of aromatic nitrogens is 2. The maximum absolute atomic E-state index is 9.91. The number of hydrazone groups is 1. The summed E-state index contributed by atoms with van der Waals surface area (Å²) in [6, 6.07) is 17.6. The zero-order chi connectivity index (χ0) is 26.5. The van der Waals surface area contributed by atoms with E-state index in [1.807, 2.05) is 48.5 Å². The Morgan fingerprint density at radius 2 is 1.92 bits per heavy atom. The van der Waals surface area contributed by atoms with Gasteiger partial charge < -0.3 is 25.4 Å². The van der Waals surface area contributed by atoms with Crippen molar-refractivity contribution < 1.29 is 9.47 Å². The number of amidine groups is 1. The van der Waals surface area contributed by atoms with Gasteiger partial charge in [0.05, 0.1) is 35.8 Å². The third-order valence-corrected chi connectivity index (χ3v) is 6.57. The van der Waals surface area contributed by atoms with Gasteiger partial charge in [0, 0.05) is 49.6 Å². The van der Waals surface area contributed by atoms with Crippen LogP contribution in [0.4, 0.5) is 23.0 Å². The highest BCUT2D eigenvalue weighted by Gasteiger charge is 2.40. The zero-order valence-corrected chi connectivity index (χ0v) is 21.3. The molecule has 1 spiro atoms. The fourth-order valence-electron chi connectivity index (χ4n) is 4.71. The van der Waals surface area contributed by atoms with Crippen LogP contribution in [0.15, 0.2) is 72.6 Å². The lowest BCUT2D eigenvalue weighted by atomic mass is 10.0. The van der Waals surface area contributed by atoms with Crippen LogP contribution in [0.5, 0.6) is 0 Å². The number of piperidine rings is 1. The molecular formula is C28H30N8O2. The lowest BCUT2D eigenvalue weighted by Crippen LogP contribution is -2.45. The Morgan fingerprint density at radius 1 is 1.18 bits per heavy atom. The first-order valence-corrected chi connectivity index (χ1v) is 12.5. The molecule has 5 rings (SSSR count). The van der Waals surface area contributed by atoms with E-state index in [1.54, 1.807) is 24.3 Å². The van der Waals surface area contributed by atoms with E-state index in [4.69, 9.17) is 15.2 Å². The Morgan fingerprint density at radius 3 is 2.58 bits per heavy atom. The average Bonchev–Trinajstić information content (AvgIpc) is 3.40. The van der Waals surface area contributed by atoms with Gasteiger partial charge in [0.15, 0.2) is 5.79 Å². The van der Waals surface area contributed by atoms with Crippen molar-refractivity contribution in [1.29, 1.82) is 5.26 Å². The van der Waals surface area contributed by atoms with Crippen LogP contribution < -0.4 is 21.0 Å². The first-order chi connectivity index (χ1) is 18.5. The standard InChI is InChI=1S/C28H30N8O2/c1-3-36(34-20(2)30)24-7-5-23(6-8-24)32-27-31-13-10-25(33-27)21-4-9-26(22(18-21)19-29)35-14-11-28(12-15-35)37-16-17-38-28/h3-10,13,18H,1,11-12,14-17H2,2H3,(H2,30,34)(H,31,32,33). The monoisotopic (exact) mass is 510 g/mol. The van der Waals surface area contributed by atoms with E-state index in [-0.39, 0.29) is 0 Å². The van der Waals surface area contributed by atoms with E-state index in [0.29, 0.717) is 30.6 Å². The maximum Gasteiger partial charge on any atom is 0.227 e. The highest BCUT2D eigenvalue weighted by atomic mass is 16.7. The predicted octanol–water partition coefficient (Wildman–Crippen LogP) is 4.34. The molecule has 10 heteroatoms. The predicted molar refractivity (Wildman–Crippen MR) is 148 cm³/mol. The molecule has 3 N–H and O–H groups in total. The van der Waals surface area contributed by atoms with Crippen LogP contribution in [0.1, 0.15) is 25.3 Å². The van der Waals surface area contributed by atoms with E-state index < -0.39 is 5.79 Å². The summed E-state index contributed by atoms with van der Waals surface area (Å²) in [4.78, 5) is 11.3. The SMILES string of the molecule is C=CN(/N=C(/C)N)c1ccc(Nc2nccc(-c3ccc(N4CCC5(CC4)OCCO5)c(C#N)c3)n2)cc1. The van der Waals surface area contributed by atoms with Gasteiger partial charge in [-0.2, -0.15) is 10.4 Å².